The highest BCUT2D eigenvalue weighted by molar-refractivity contribution is 6.42. The van der Waals surface area contributed by atoms with Crippen LogP contribution in [0.3, 0.4) is 0 Å². The number of aromatic hydroxyl groups is 1. The molecule has 0 unspecified atom stereocenters. The molecule has 3 N–H and O–H groups in total. The third kappa shape index (κ3) is 3.14. The summed E-state index contributed by atoms with van der Waals surface area (Å²) in [7, 11) is 0. The van der Waals surface area contributed by atoms with Crippen LogP contribution in [0.25, 0.3) is 0 Å². The maximum Gasteiger partial charge on any atom is 0.224 e. The molecule has 1 spiro atoms. The predicted molar refractivity (Wildman–Crippen MR) is 137 cm³/mol. The number of hydrogen-bond donors (Lipinski definition) is 3. The Kier molecular flexibility index (Phi) is 5.01. The number of piperidine rings is 1. The lowest BCUT2D eigenvalue weighted by Gasteiger charge is -2.64. The number of benzene rings is 2. The van der Waals surface area contributed by atoms with Gasteiger partial charge in [0.25, 0.3) is 0 Å². The van der Waals surface area contributed by atoms with Gasteiger partial charge in [0, 0.05) is 24.7 Å². The van der Waals surface area contributed by atoms with Crippen molar-refractivity contribution >= 4 is 29.1 Å². The molecule has 8 heteroatoms. The molecule has 0 aromatic heterocycles. The normalized spacial score (nSPS) is 33.4. The molecule has 2 heterocycles. The number of halogens is 2. The molecule has 2 bridgehead atoms. The number of rotatable bonds is 5. The second-order valence-electron chi connectivity index (χ2n) is 11.0. The number of carbonyl (C=O) groups is 1. The van der Waals surface area contributed by atoms with Gasteiger partial charge in [-0.15, -0.1) is 0 Å². The van der Waals surface area contributed by atoms with E-state index in [1.165, 1.54) is 5.57 Å². The lowest BCUT2D eigenvalue weighted by molar-refractivity contribution is -0.190. The van der Waals surface area contributed by atoms with Crippen LogP contribution < -0.4 is 10.1 Å². The molecule has 1 saturated carbocycles. The first-order chi connectivity index (χ1) is 17.3. The molecule has 2 aliphatic heterocycles. The van der Waals surface area contributed by atoms with Crippen molar-refractivity contribution in [1.29, 1.82) is 0 Å². The van der Waals surface area contributed by atoms with E-state index in [0.717, 1.165) is 49.0 Å². The van der Waals surface area contributed by atoms with Crippen molar-refractivity contribution in [2.45, 2.75) is 67.7 Å². The van der Waals surface area contributed by atoms with Gasteiger partial charge in [0.1, 0.15) is 6.10 Å². The zero-order valence-electron chi connectivity index (χ0n) is 19.8. The number of phenolic OH excluding ortho intramolecular Hbond substituents is 1. The minimum atomic E-state index is -0.984. The fourth-order valence-electron chi connectivity index (χ4n) is 7.52. The average Bonchev–Trinajstić information content (AvgIpc) is 3.58. The predicted octanol–water partition coefficient (Wildman–Crippen LogP) is 3.91. The van der Waals surface area contributed by atoms with Crippen molar-refractivity contribution in [3.8, 4) is 11.5 Å². The molecule has 5 atom stereocenters. The van der Waals surface area contributed by atoms with E-state index in [4.69, 9.17) is 27.9 Å². The van der Waals surface area contributed by atoms with E-state index >= 15 is 0 Å². The monoisotopic (exact) mass is 526 g/mol. The minimum absolute atomic E-state index is 0.0188. The molecular formula is C28H28Cl2N2O4. The zero-order chi connectivity index (χ0) is 24.8. The average molecular weight is 527 g/mol. The largest absolute Gasteiger partial charge is 0.504 e. The van der Waals surface area contributed by atoms with Gasteiger partial charge in [-0.05, 0) is 61.4 Å². The highest BCUT2D eigenvalue weighted by Gasteiger charge is 2.73. The molecule has 188 valence electrons. The summed E-state index contributed by atoms with van der Waals surface area (Å²) in [6.07, 6.45) is 5.68. The standard InChI is InChI=1S/C28H28Cl2N2O4/c29-18-5-3-16(11-19(18)30)12-23(34)31-20-7-8-28(35)22-13-17-4-6-21(33)25-24(17)27(28,26(20)36-25)9-10-32(22)14-15-1-2-15/h1,3-6,11,20,22,26,33,35H,2,7-10,12-14H2,(H,31,34)/t20-,22+,26-,27-,28+/m0/s1. The number of aliphatic hydroxyl groups is 1. The summed E-state index contributed by atoms with van der Waals surface area (Å²) in [4.78, 5) is 15.6. The first kappa shape index (κ1) is 22.9. The Balaban J connectivity index is 1.23. The van der Waals surface area contributed by atoms with Gasteiger partial charge < -0.3 is 20.3 Å². The van der Waals surface area contributed by atoms with E-state index in [1.54, 1.807) is 24.3 Å². The van der Waals surface area contributed by atoms with Crippen molar-refractivity contribution < 1.29 is 19.7 Å². The number of likely N-dealkylation sites (tertiary alicyclic amines) is 1. The number of hydrogen-bond acceptors (Lipinski definition) is 5. The summed E-state index contributed by atoms with van der Waals surface area (Å²) >= 11 is 12.2. The lowest BCUT2D eigenvalue weighted by Crippen LogP contribution is -2.78. The Morgan fingerprint density at radius 1 is 1.19 bits per heavy atom. The highest BCUT2D eigenvalue weighted by Crippen LogP contribution is 2.65. The fraction of sp³-hybridized carbons (Fsp3) is 0.464. The molecule has 36 heavy (non-hydrogen) atoms. The van der Waals surface area contributed by atoms with E-state index in [0.29, 0.717) is 28.6 Å². The summed E-state index contributed by atoms with van der Waals surface area (Å²) in [5, 5.41) is 27.3. The van der Waals surface area contributed by atoms with Crippen molar-refractivity contribution in [1.82, 2.24) is 10.2 Å². The third-order valence-corrected chi connectivity index (χ3v) is 9.91. The summed E-state index contributed by atoms with van der Waals surface area (Å²) in [6.45, 7) is 1.75. The summed E-state index contributed by atoms with van der Waals surface area (Å²) < 4.78 is 6.51. The minimum Gasteiger partial charge on any atom is -0.504 e. The molecule has 5 aliphatic rings. The topological polar surface area (TPSA) is 82.0 Å². The number of phenols is 1. The van der Waals surface area contributed by atoms with Crippen LogP contribution in [-0.2, 0) is 23.1 Å². The molecule has 1 saturated heterocycles. The van der Waals surface area contributed by atoms with Crippen LogP contribution >= 0.6 is 23.2 Å². The van der Waals surface area contributed by atoms with E-state index < -0.39 is 17.1 Å². The van der Waals surface area contributed by atoms with E-state index in [9.17, 15) is 15.0 Å². The second kappa shape index (κ2) is 7.87. The quantitative estimate of drug-likeness (QED) is 0.514. The number of carbonyl (C=O) groups excluding carboxylic acids is 1. The number of allylic oxidation sites excluding steroid dienone is 1. The van der Waals surface area contributed by atoms with Crippen molar-refractivity contribution in [2.75, 3.05) is 13.1 Å². The van der Waals surface area contributed by atoms with Gasteiger partial charge in [-0.25, -0.2) is 0 Å². The van der Waals surface area contributed by atoms with Crippen LogP contribution in [0.4, 0.5) is 0 Å². The molecule has 1 amide bonds. The van der Waals surface area contributed by atoms with Gasteiger partial charge in [0.15, 0.2) is 11.5 Å². The van der Waals surface area contributed by atoms with Gasteiger partial charge in [0.2, 0.25) is 5.91 Å². The maximum atomic E-state index is 13.1. The molecule has 2 aromatic carbocycles. The fourth-order valence-corrected chi connectivity index (χ4v) is 7.84. The van der Waals surface area contributed by atoms with Gasteiger partial charge in [-0.1, -0.05) is 47.0 Å². The summed E-state index contributed by atoms with van der Waals surface area (Å²) in [5.41, 5.74) is 2.67. The van der Waals surface area contributed by atoms with E-state index in [-0.39, 0.29) is 30.2 Å². The molecule has 7 rings (SSSR count). The van der Waals surface area contributed by atoms with Gasteiger partial charge in [0.05, 0.1) is 33.5 Å². The molecule has 2 aromatic rings. The SMILES string of the molecule is O=C(Cc1ccc(Cl)c(Cl)c1)N[C@H]1CC[C@@]2(O)[C@H]3Cc4ccc(O)c5c4[C@@]2(CCN3CC2=CC2)[C@H]1O5. The van der Waals surface area contributed by atoms with Crippen molar-refractivity contribution in [2.24, 2.45) is 0 Å². The maximum absolute atomic E-state index is 13.1. The van der Waals surface area contributed by atoms with Gasteiger partial charge in [-0.2, -0.15) is 0 Å². The smallest absolute Gasteiger partial charge is 0.224 e. The number of ether oxygens (including phenoxy) is 1. The van der Waals surface area contributed by atoms with Crippen molar-refractivity contribution in [3.05, 3.63) is 68.7 Å². The Morgan fingerprint density at radius 3 is 2.81 bits per heavy atom. The zero-order valence-corrected chi connectivity index (χ0v) is 21.3. The number of nitrogens with one attached hydrogen (secondary N) is 1. The first-order valence-electron chi connectivity index (χ1n) is 12.7. The third-order valence-electron chi connectivity index (χ3n) is 9.17. The van der Waals surface area contributed by atoms with E-state index in [2.05, 4.69) is 16.3 Å². The van der Waals surface area contributed by atoms with Crippen LogP contribution in [0.1, 0.15) is 42.4 Å². The Labute approximate surface area is 219 Å². The van der Waals surface area contributed by atoms with Crippen LogP contribution in [0.2, 0.25) is 10.0 Å². The van der Waals surface area contributed by atoms with E-state index in [1.807, 2.05) is 6.07 Å². The molecular weight excluding hydrogens is 499 g/mol. The van der Waals surface area contributed by atoms with Crippen LogP contribution in [0.15, 0.2) is 42.0 Å². The van der Waals surface area contributed by atoms with Crippen LogP contribution in [0, 0.1) is 0 Å². The Morgan fingerprint density at radius 2 is 2.03 bits per heavy atom. The summed E-state index contributed by atoms with van der Waals surface area (Å²) in [6, 6.07) is 8.60. The molecule has 6 nitrogen and oxygen atoms in total. The van der Waals surface area contributed by atoms with Crippen LogP contribution in [0.5, 0.6) is 11.5 Å². The second-order valence-corrected chi connectivity index (χ2v) is 11.8. The summed E-state index contributed by atoms with van der Waals surface area (Å²) in [5.74, 6) is 0.456. The number of amides is 1. The van der Waals surface area contributed by atoms with Crippen LogP contribution in [-0.4, -0.2) is 57.9 Å². The molecule has 0 radical (unpaired) electrons. The number of nitrogens with zero attached hydrogens (tertiary/aromatic N) is 1. The Bertz CT molecular complexity index is 1330. The van der Waals surface area contributed by atoms with Gasteiger partial charge >= 0.3 is 0 Å². The van der Waals surface area contributed by atoms with Gasteiger partial charge in [-0.3, -0.25) is 9.69 Å². The molecule has 3 aliphatic carbocycles. The highest BCUT2D eigenvalue weighted by atomic mass is 35.5. The molecule has 2 fully saturated rings. The lowest BCUT2D eigenvalue weighted by atomic mass is 9.48. The first-order valence-corrected chi connectivity index (χ1v) is 13.5. The van der Waals surface area contributed by atoms with Crippen molar-refractivity contribution in [3.63, 3.8) is 0 Å². The Hall–Kier alpha value is -2.25.